The van der Waals surface area contributed by atoms with Crippen LogP contribution >= 0.6 is 0 Å². The number of hydrogen-bond acceptors (Lipinski definition) is 2. The molecule has 1 saturated heterocycles. The molecule has 3 heteroatoms. The van der Waals surface area contributed by atoms with Gasteiger partial charge in [0.05, 0.1) is 6.67 Å². The molecule has 1 aliphatic rings. The molecule has 0 amide bonds. The molecule has 1 heterocycles. The Hall–Kier alpha value is -0.150. The third-order valence-electron chi connectivity index (χ3n) is 2.29. The highest BCUT2D eigenvalue weighted by molar-refractivity contribution is 4.66. The van der Waals surface area contributed by atoms with Gasteiger partial charge in [0, 0.05) is 13.1 Å². The van der Waals surface area contributed by atoms with Crippen molar-refractivity contribution in [1.82, 2.24) is 10.2 Å². The van der Waals surface area contributed by atoms with Gasteiger partial charge in [-0.1, -0.05) is 0 Å². The maximum Gasteiger partial charge on any atom is 0.0906 e. The van der Waals surface area contributed by atoms with Crippen LogP contribution in [-0.4, -0.2) is 44.3 Å². The highest BCUT2D eigenvalue weighted by Crippen LogP contribution is 2.05. The van der Waals surface area contributed by atoms with E-state index in [-0.39, 0.29) is 6.67 Å². The van der Waals surface area contributed by atoms with Crippen molar-refractivity contribution in [3.63, 3.8) is 0 Å². The van der Waals surface area contributed by atoms with Crippen LogP contribution < -0.4 is 5.32 Å². The average molecular weight is 174 g/mol. The van der Waals surface area contributed by atoms with Crippen LogP contribution in [0.4, 0.5) is 4.39 Å². The third kappa shape index (κ3) is 4.02. The van der Waals surface area contributed by atoms with Crippen LogP contribution in [-0.2, 0) is 0 Å². The molecule has 2 nitrogen and oxygen atoms in total. The monoisotopic (exact) mass is 174 g/mol. The molecule has 0 bridgehead atoms. The third-order valence-corrected chi connectivity index (χ3v) is 2.29. The van der Waals surface area contributed by atoms with Crippen molar-refractivity contribution in [2.24, 2.45) is 0 Å². The van der Waals surface area contributed by atoms with E-state index in [1.165, 1.54) is 25.9 Å². The first-order valence-corrected chi connectivity index (χ1v) is 4.92. The Morgan fingerprint density at radius 2 is 1.92 bits per heavy atom. The van der Waals surface area contributed by atoms with E-state index in [9.17, 15) is 4.39 Å². The number of rotatable bonds is 6. The second-order valence-electron chi connectivity index (χ2n) is 3.34. The van der Waals surface area contributed by atoms with Crippen LogP contribution in [0.25, 0.3) is 0 Å². The summed E-state index contributed by atoms with van der Waals surface area (Å²) in [5, 5.41) is 3.23. The average Bonchev–Trinajstić information content (AvgIpc) is 2.57. The van der Waals surface area contributed by atoms with E-state index in [2.05, 4.69) is 10.2 Å². The van der Waals surface area contributed by atoms with E-state index in [1.54, 1.807) is 0 Å². The molecule has 1 rings (SSSR count). The Balaban J connectivity index is 1.81. The zero-order valence-electron chi connectivity index (χ0n) is 7.69. The van der Waals surface area contributed by atoms with E-state index in [1.807, 2.05) is 0 Å². The lowest BCUT2D eigenvalue weighted by atomic mass is 10.4. The zero-order chi connectivity index (χ0) is 8.65. The Bertz CT molecular complexity index is 103. The standard InChI is InChI=1S/C9H19FN2/c10-4-3-5-11-6-9-12-7-1-2-8-12/h11H,1-9H2. The summed E-state index contributed by atoms with van der Waals surface area (Å²) in [7, 11) is 0. The second kappa shape index (κ2) is 6.38. The number of halogens is 1. The first-order valence-electron chi connectivity index (χ1n) is 4.92. The molecule has 0 spiro atoms. The summed E-state index contributed by atoms with van der Waals surface area (Å²) in [6.45, 7) is 5.28. The van der Waals surface area contributed by atoms with Gasteiger partial charge in [-0.25, -0.2) is 0 Å². The highest BCUT2D eigenvalue weighted by Gasteiger charge is 2.09. The quantitative estimate of drug-likeness (QED) is 0.605. The molecule has 1 aliphatic heterocycles. The van der Waals surface area contributed by atoms with Crippen molar-refractivity contribution < 1.29 is 4.39 Å². The minimum Gasteiger partial charge on any atom is -0.315 e. The van der Waals surface area contributed by atoms with E-state index in [0.29, 0.717) is 6.42 Å². The molecule has 0 saturated carbocycles. The van der Waals surface area contributed by atoms with Gasteiger partial charge in [0.25, 0.3) is 0 Å². The largest absolute Gasteiger partial charge is 0.315 e. The molecular formula is C9H19FN2. The predicted octanol–water partition coefficient (Wildman–Crippen LogP) is 1.03. The summed E-state index contributed by atoms with van der Waals surface area (Å²) < 4.78 is 11.7. The minimum atomic E-state index is -0.198. The molecule has 72 valence electrons. The van der Waals surface area contributed by atoms with Gasteiger partial charge < -0.3 is 10.2 Å². The number of alkyl halides is 1. The SMILES string of the molecule is FCCCNCCN1CCCC1. The van der Waals surface area contributed by atoms with Gasteiger partial charge in [-0.05, 0) is 38.9 Å². The van der Waals surface area contributed by atoms with Crippen LogP contribution in [0.15, 0.2) is 0 Å². The Kier molecular flexibility index (Phi) is 5.28. The lowest BCUT2D eigenvalue weighted by molar-refractivity contribution is 0.334. The number of hydrogen-bond donors (Lipinski definition) is 1. The fourth-order valence-electron chi connectivity index (χ4n) is 1.56. The van der Waals surface area contributed by atoms with Crippen LogP contribution in [0.5, 0.6) is 0 Å². The van der Waals surface area contributed by atoms with Crippen LogP contribution in [0, 0.1) is 0 Å². The van der Waals surface area contributed by atoms with Crippen LogP contribution in [0.2, 0.25) is 0 Å². The predicted molar refractivity (Wildman–Crippen MR) is 49.1 cm³/mol. The maximum atomic E-state index is 11.7. The van der Waals surface area contributed by atoms with E-state index < -0.39 is 0 Å². The molecule has 0 aliphatic carbocycles. The van der Waals surface area contributed by atoms with Crippen molar-refractivity contribution in [2.75, 3.05) is 39.4 Å². The molecule has 0 aromatic carbocycles. The number of likely N-dealkylation sites (tertiary alicyclic amines) is 1. The number of nitrogens with one attached hydrogen (secondary N) is 1. The van der Waals surface area contributed by atoms with Crippen molar-refractivity contribution in [3.05, 3.63) is 0 Å². The molecule has 0 atom stereocenters. The summed E-state index contributed by atoms with van der Waals surface area (Å²) in [6, 6.07) is 0. The fourth-order valence-corrected chi connectivity index (χ4v) is 1.56. The van der Waals surface area contributed by atoms with Gasteiger partial charge in [-0.15, -0.1) is 0 Å². The summed E-state index contributed by atoms with van der Waals surface area (Å²) in [6.07, 6.45) is 3.36. The summed E-state index contributed by atoms with van der Waals surface area (Å²) in [5.41, 5.74) is 0. The summed E-state index contributed by atoms with van der Waals surface area (Å²) in [4.78, 5) is 2.46. The molecule has 0 unspecified atom stereocenters. The van der Waals surface area contributed by atoms with Gasteiger partial charge in [0.15, 0.2) is 0 Å². The minimum absolute atomic E-state index is 0.198. The highest BCUT2D eigenvalue weighted by atomic mass is 19.1. The van der Waals surface area contributed by atoms with Crippen molar-refractivity contribution in [2.45, 2.75) is 19.3 Å². The molecule has 1 fully saturated rings. The fraction of sp³-hybridized carbons (Fsp3) is 1.00. The molecule has 0 aromatic rings. The smallest absolute Gasteiger partial charge is 0.0906 e. The summed E-state index contributed by atoms with van der Waals surface area (Å²) in [5.74, 6) is 0. The zero-order valence-corrected chi connectivity index (χ0v) is 7.69. The Labute approximate surface area is 74.1 Å². The first kappa shape index (κ1) is 9.93. The Morgan fingerprint density at radius 3 is 2.58 bits per heavy atom. The van der Waals surface area contributed by atoms with Gasteiger partial charge in [-0.2, -0.15) is 0 Å². The van der Waals surface area contributed by atoms with Gasteiger partial charge in [-0.3, -0.25) is 4.39 Å². The van der Waals surface area contributed by atoms with E-state index in [0.717, 1.165) is 19.6 Å². The molecule has 12 heavy (non-hydrogen) atoms. The van der Waals surface area contributed by atoms with E-state index in [4.69, 9.17) is 0 Å². The van der Waals surface area contributed by atoms with Gasteiger partial charge in [0.1, 0.15) is 0 Å². The van der Waals surface area contributed by atoms with Crippen LogP contribution in [0.3, 0.4) is 0 Å². The summed E-state index contributed by atoms with van der Waals surface area (Å²) >= 11 is 0. The number of nitrogens with zero attached hydrogens (tertiary/aromatic N) is 1. The van der Waals surface area contributed by atoms with Crippen molar-refractivity contribution >= 4 is 0 Å². The van der Waals surface area contributed by atoms with Gasteiger partial charge >= 0.3 is 0 Å². The van der Waals surface area contributed by atoms with Crippen molar-refractivity contribution in [3.8, 4) is 0 Å². The van der Waals surface area contributed by atoms with Crippen molar-refractivity contribution in [1.29, 1.82) is 0 Å². The molecule has 0 aromatic heterocycles. The molecular weight excluding hydrogens is 155 g/mol. The normalized spacial score (nSPS) is 18.8. The topological polar surface area (TPSA) is 15.3 Å². The lowest BCUT2D eigenvalue weighted by Gasteiger charge is -2.14. The molecule has 0 radical (unpaired) electrons. The molecule has 1 N–H and O–H groups in total. The first-order chi connectivity index (χ1) is 5.93. The lowest BCUT2D eigenvalue weighted by Crippen LogP contribution is -2.30. The van der Waals surface area contributed by atoms with Gasteiger partial charge in [0.2, 0.25) is 0 Å². The van der Waals surface area contributed by atoms with Crippen LogP contribution in [0.1, 0.15) is 19.3 Å². The van der Waals surface area contributed by atoms with E-state index >= 15 is 0 Å². The Morgan fingerprint density at radius 1 is 1.17 bits per heavy atom. The second-order valence-corrected chi connectivity index (χ2v) is 3.34. The maximum absolute atomic E-state index is 11.7.